The third-order valence-electron chi connectivity index (χ3n) is 3.46. The van der Waals surface area contributed by atoms with Crippen LogP contribution < -0.4 is 10.6 Å². The smallest absolute Gasteiger partial charge is 0.124 e. The quantitative estimate of drug-likeness (QED) is 0.651. The summed E-state index contributed by atoms with van der Waals surface area (Å²) in [4.78, 5) is 2.13. The van der Waals surface area contributed by atoms with Crippen molar-refractivity contribution >= 4 is 23.1 Å². The van der Waals surface area contributed by atoms with Gasteiger partial charge in [-0.2, -0.15) is 0 Å². The first-order chi connectivity index (χ1) is 8.14. The number of amidine groups is 1. The fourth-order valence-corrected chi connectivity index (χ4v) is 1.98. The number of nitrogens with one attached hydrogen (secondary N) is 1. The summed E-state index contributed by atoms with van der Waals surface area (Å²) in [7, 11) is 2.01. The molecule has 3 nitrogen and oxygen atoms in total. The van der Waals surface area contributed by atoms with Crippen molar-refractivity contribution in [1.82, 2.24) is 0 Å². The Morgan fingerprint density at radius 2 is 1.94 bits per heavy atom. The lowest BCUT2D eigenvalue weighted by molar-refractivity contribution is 0.329. The molecule has 0 bridgehead atoms. The molecule has 0 radical (unpaired) electrons. The molecular weight excluding hydrogens is 246 g/mol. The second-order valence-corrected chi connectivity index (χ2v) is 6.16. The van der Waals surface area contributed by atoms with Crippen LogP contribution in [0.5, 0.6) is 0 Å². The van der Waals surface area contributed by atoms with Crippen LogP contribution in [0.4, 0.5) is 5.69 Å². The van der Waals surface area contributed by atoms with Gasteiger partial charge in [-0.3, -0.25) is 5.41 Å². The van der Waals surface area contributed by atoms with E-state index < -0.39 is 0 Å². The van der Waals surface area contributed by atoms with E-state index in [4.69, 9.17) is 22.7 Å². The highest BCUT2D eigenvalue weighted by atomic mass is 35.5. The highest BCUT2D eigenvalue weighted by Gasteiger charge is 2.25. The first-order valence-electron chi connectivity index (χ1n) is 6.01. The first-order valence-corrected chi connectivity index (χ1v) is 6.39. The average Bonchev–Trinajstić information content (AvgIpc) is 2.25. The van der Waals surface area contributed by atoms with Crippen LogP contribution in [0.3, 0.4) is 0 Å². The van der Waals surface area contributed by atoms with E-state index >= 15 is 0 Å². The molecule has 0 saturated carbocycles. The van der Waals surface area contributed by atoms with Gasteiger partial charge in [0, 0.05) is 29.4 Å². The van der Waals surface area contributed by atoms with E-state index in [0.717, 1.165) is 11.3 Å². The summed E-state index contributed by atoms with van der Waals surface area (Å²) >= 11 is 6.05. The molecule has 0 aliphatic rings. The summed E-state index contributed by atoms with van der Waals surface area (Å²) < 4.78 is 0. The van der Waals surface area contributed by atoms with E-state index in [2.05, 4.69) is 32.6 Å². The van der Waals surface area contributed by atoms with Crippen molar-refractivity contribution in [3.63, 3.8) is 0 Å². The normalized spacial score (nSPS) is 13.2. The van der Waals surface area contributed by atoms with E-state index in [1.807, 2.05) is 13.1 Å². The van der Waals surface area contributed by atoms with Crippen LogP contribution in [0.25, 0.3) is 0 Å². The van der Waals surface area contributed by atoms with Crippen LogP contribution in [0, 0.1) is 10.8 Å². The van der Waals surface area contributed by atoms with Crippen molar-refractivity contribution < 1.29 is 0 Å². The third kappa shape index (κ3) is 3.16. The van der Waals surface area contributed by atoms with Crippen molar-refractivity contribution in [3.8, 4) is 0 Å². The zero-order valence-electron chi connectivity index (χ0n) is 11.7. The molecule has 18 heavy (non-hydrogen) atoms. The molecule has 0 aliphatic carbocycles. The Labute approximate surface area is 114 Å². The van der Waals surface area contributed by atoms with Crippen LogP contribution in [0.1, 0.15) is 33.3 Å². The molecule has 1 rings (SSSR count). The lowest BCUT2D eigenvalue weighted by atomic mass is 9.86. The number of hydrogen-bond donors (Lipinski definition) is 2. The molecule has 0 aliphatic heterocycles. The molecule has 0 amide bonds. The second-order valence-electron chi connectivity index (χ2n) is 5.73. The van der Waals surface area contributed by atoms with Crippen molar-refractivity contribution in [3.05, 3.63) is 28.8 Å². The van der Waals surface area contributed by atoms with E-state index in [1.165, 1.54) is 0 Å². The topological polar surface area (TPSA) is 53.1 Å². The van der Waals surface area contributed by atoms with E-state index in [1.54, 1.807) is 12.1 Å². The Morgan fingerprint density at radius 1 is 1.39 bits per heavy atom. The van der Waals surface area contributed by atoms with Gasteiger partial charge in [-0.1, -0.05) is 32.4 Å². The summed E-state index contributed by atoms with van der Waals surface area (Å²) in [5.41, 5.74) is 7.38. The fraction of sp³-hybridized carbons (Fsp3) is 0.500. The number of anilines is 1. The van der Waals surface area contributed by atoms with E-state index in [0.29, 0.717) is 11.1 Å². The van der Waals surface area contributed by atoms with Crippen LogP contribution in [0.2, 0.25) is 5.02 Å². The zero-order chi connectivity index (χ0) is 14.1. The summed E-state index contributed by atoms with van der Waals surface area (Å²) in [5.74, 6) is 0.0645. The summed E-state index contributed by atoms with van der Waals surface area (Å²) in [5, 5.41) is 8.30. The van der Waals surface area contributed by atoms with Gasteiger partial charge in [0.1, 0.15) is 5.84 Å². The van der Waals surface area contributed by atoms with Gasteiger partial charge in [0.25, 0.3) is 0 Å². The Morgan fingerprint density at radius 3 is 2.39 bits per heavy atom. The van der Waals surface area contributed by atoms with Crippen molar-refractivity contribution in [1.29, 1.82) is 5.41 Å². The Hall–Kier alpha value is -1.22. The van der Waals surface area contributed by atoms with Crippen molar-refractivity contribution in [2.45, 2.75) is 33.7 Å². The summed E-state index contributed by atoms with van der Waals surface area (Å²) in [6.07, 6.45) is 0. The minimum atomic E-state index is 0.0645. The molecular formula is C14H22ClN3. The molecule has 1 unspecified atom stereocenters. The van der Waals surface area contributed by atoms with Gasteiger partial charge >= 0.3 is 0 Å². The van der Waals surface area contributed by atoms with Gasteiger partial charge in [0.2, 0.25) is 0 Å². The van der Waals surface area contributed by atoms with Crippen LogP contribution in [-0.2, 0) is 0 Å². The molecule has 0 fully saturated rings. The number of benzene rings is 1. The third-order valence-corrected chi connectivity index (χ3v) is 3.70. The molecule has 4 heteroatoms. The lowest BCUT2D eigenvalue weighted by Gasteiger charge is -2.37. The zero-order valence-corrected chi connectivity index (χ0v) is 12.5. The van der Waals surface area contributed by atoms with Crippen LogP contribution in [-0.4, -0.2) is 18.9 Å². The maximum atomic E-state index is 7.64. The molecule has 0 heterocycles. The molecule has 1 atom stereocenters. The van der Waals surface area contributed by atoms with Gasteiger partial charge < -0.3 is 10.6 Å². The molecule has 100 valence electrons. The largest absolute Gasteiger partial charge is 0.384 e. The number of halogens is 1. The van der Waals surface area contributed by atoms with Crippen molar-refractivity contribution in [2.75, 3.05) is 11.9 Å². The van der Waals surface area contributed by atoms with Gasteiger partial charge in [-0.15, -0.1) is 0 Å². The fourth-order valence-electron chi connectivity index (χ4n) is 1.81. The molecule has 1 aromatic rings. The van der Waals surface area contributed by atoms with Crippen LogP contribution >= 0.6 is 11.6 Å². The number of nitrogens with two attached hydrogens (primary N) is 1. The monoisotopic (exact) mass is 267 g/mol. The molecule has 1 aromatic carbocycles. The lowest BCUT2D eigenvalue weighted by Crippen LogP contribution is -2.40. The minimum Gasteiger partial charge on any atom is -0.384 e. The number of nitrogen functional groups attached to an aromatic ring is 1. The maximum Gasteiger partial charge on any atom is 0.124 e. The second kappa shape index (κ2) is 5.19. The number of hydrogen-bond acceptors (Lipinski definition) is 2. The standard InChI is InChI=1S/C14H22ClN3/c1-9(14(2,3)4)18(5)12-8-10(15)6-7-11(12)13(16)17/h6-9H,1-5H3,(H3,16,17). The van der Waals surface area contributed by atoms with Gasteiger partial charge in [-0.05, 0) is 30.5 Å². The number of rotatable bonds is 3. The first kappa shape index (κ1) is 14.8. The predicted octanol–water partition coefficient (Wildman–Crippen LogP) is 3.49. The molecule has 3 N–H and O–H groups in total. The van der Waals surface area contributed by atoms with Gasteiger partial charge in [-0.25, -0.2) is 0 Å². The van der Waals surface area contributed by atoms with E-state index in [9.17, 15) is 0 Å². The van der Waals surface area contributed by atoms with Gasteiger partial charge in [0.15, 0.2) is 0 Å². The Bertz CT molecular complexity index is 449. The predicted molar refractivity (Wildman–Crippen MR) is 79.8 cm³/mol. The molecule has 0 aromatic heterocycles. The molecule has 0 saturated heterocycles. The van der Waals surface area contributed by atoms with Gasteiger partial charge in [0.05, 0.1) is 0 Å². The number of nitrogens with zero attached hydrogens (tertiary/aromatic N) is 1. The SMILES string of the molecule is CC(N(C)c1cc(Cl)ccc1C(=N)N)C(C)(C)C. The molecule has 0 spiro atoms. The average molecular weight is 268 g/mol. The maximum absolute atomic E-state index is 7.64. The summed E-state index contributed by atoms with van der Waals surface area (Å²) in [6, 6.07) is 5.72. The highest BCUT2D eigenvalue weighted by molar-refractivity contribution is 6.31. The highest BCUT2D eigenvalue weighted by Crippen LogP contribution is 2.31. The van der Waals surface area contributed by atoms with Crippen molar-refractivity contribution in [2.24, 2.45) is 11.1 Å². The Kier molecular flexibility index (Phi) is 4.28. The van der Waals surface area contributed by atoms with E-state index in [-0.39, 0.29) is 11.3 Å². The minimum absolute atomic E-state index is 0.0645. The summed E-state index contributed by atoms with van der Waals surface area (Å²) in [6.45, 7) is 8.72. The van der Waals surface area contributed by atoms with Crippen LogP contribution in [0.15, 0.2) is 18.2 Å². The Balaban J connectivity index is 3.23.